The van der Waals surface area contributed by atoms with Crippen molar-refractivity contribution in [3.05, 3.63) is 46.2 Å². The third-order valence-corrected chi connectivity index (χ3v) is 3.44. The second-order valence-corrected chi connectivity index (χ2v) is 5.14. The number of benzene rings is 1. The predicted molar refractivity (Wildman–Crippen MR) is 75.7 cm³/mol. The predicted octanol–water partition coefficient (Wildman–Crippen LogP) is 2.61. The highest BCUT2D eigenvalue weighted by molar-refractivity contribution is 7.07. The molecule has 0 aliphatic rings. The van der Waals surface area contributed by atoms with Gasteiger partial charge in [-0.1, -0.05) is 0 Å². The van der Waals surface area contributed by atoms with Crippen LogP contribution in [0.1, 0.15) is 16.1 Å². The number of carbonyl (C=O) groups excluding carboxylic acids is 1. The van der Waals surface area contributed by atoms with Crippen molar-refractivity contribution in [2.24, 2.45) is 0 Å². The minimum Gasteiger partial charge on any atom is -0.494 e. The van der Waals surface area contributed by atoms with E-state index in [0.29, 0.717) is 12.1 Å². The number of Topliss-reactive ketones (excluding diaryl/α,β-unsaturated/α-hetero) is 1. The Morgan fingerprint density at radius 1 is 1.50 bits per heavy atom. The SMILES string of the molecule is COc1ccc(C(=O)CN(C)Cc2cscn2)cc1F. The molecular weight excluding hydrogens is 279 g/mol. The first-order valence-corrected chi connectivity index (χ1v) is 6.96. The van der Waals surface area contributed by atoms with E-state index >= 15 is 0 Å². The summed E-state index contributed by atoms with van der Waals surface area (Å²) in [6.07, 6.45) is 0. The maximum absolute atomic E-state index is 13.6. The van der Waals surface area contributed by atoms with Gasteiger partial charge in [0.05, 0.1) is 24.9 Å². The fourth-order valence-electron chi connectivity index (χ4n) is 1.82. The Kier molecular flexibility index (Phi) is 4.81. The van der Waals surface area contributed by atoms with Gasteiger partial charge in [0.2, 0.25) is 0 Å². The van der Waals surface area contributed by atoms with Gasteiger partial charge < -0.3 is 4.74 Å². The molecule has 0 radical (unpaired) electrons. The van der Waals surface area contributed by atoms with Crippen molar-refractivity contribution in [2.45, 2.75) is 6.54 Å². The van der Waals surface area contributed by atoms with E-state index in [1.54, 1.807) is 11.6 Å². The van der Waals surface area contributed by atoms with Crippen molar-refractivity contribution in [3.63, 3.8) is 0 Å². The second kappa shape index (κ2) is 6.58. The van der Waals surface area contributed by atoms with Gasteiger partial charge in [-0.05, 0) is 25.2 Å². The second-order valence-electron chi connectivity index (χ2n) is 4.42. The summed E-state index contributed by atoms with van der Waals surface area (Å²) >= 11 is 1.52. The summed E-state index contributed by atoms with van der Waals surface area (Å²) in [5.41, 5.74) is 3.02. The van der Waals surface area contributed by atoms with Crippen molar-refractivity contribution in [3.8, 4) is 5.75 Å². The van der Waals surface area contributed by atoms with Crippen molar-refractivity contribution >= 4 is 17.1 Å². The highest BCUT2D eigenvalue weighted by Crippen LogP contribution is 2.18. The Morgan fingerprint density at radius 3 is 2.90 bits per heavy atom. The van der Waals surface area contributed by atoms with Crippen molar-refractivity contribution in [1.29, 1.82) is 0 Å². The minimum absolute atomic E-state index is 0.135. The average Bonchev–Trinajstić information content (AvgIpc) is 2.91. The lowest BCUT2D eigenvalue weighted by molar-refractivity contribution is 0.0942. The molecule has 0 aliphatic carbocycles. The number of thiazole rings is 1. The van der Waals surface area contributed by atoms with Crippen LogP contribution in [0.4, 0.5) is 4.39 Å². The molecule has 0 aliphatic heterocycles. The molecule has 1 heterocycles. The third-order valence-electron chi connectivity index (χ3n) is 2.80. The molecule has 0 saturated carbocycles. The number of halogens is 1. The zero-order valence-electron chi connectivity index (χ0n) is 11.3. The number of methoxy groups -OCH3 is 1. The Hall–Kier alpha value is -1.79. The fraction of sp³-hybridized carbons (Fsp3) is 0.286. The molecule has 2 aromatic rings. The zero-order valence-corrected chi connectivity index (χ0v) is 12.1. The summed E-state index contributed by atoms with van der Waals surface area (Å²) < 4.78 is 18.4. The van der Waals surface area contributed by atoms with Gasteiger partial charge in [-0.2, -0.15) is 0 Å². The van der Waals surface area contributed by atoms with Crippen LogP contribution in [0.3, 0.4) is 0 Å². The van der Waals surface area contributed by atoms with Crippen LogP contribution in [0.15, 0.2) is 29.1 Å². The van der Waals surface area contributed by atoms with Crippen LogP contribution < -0.4 is 4.74 Å². The van der Waals surface area contributed by atoms with Gasteiger partial charge in [-0.25, -0.2) is 9.37 Å². The first-order valence-electron chi connectivity index (χ1n) is 6.02. The summed E-state index contributed by atoms with van der Waals surface area (Å²) in [5.74, 6) is -0.526. The number of hydrogen-bond donors (Lipinski definition) is 0. The quantitative estimate of drug-likeness (QED) is 0.768. The van der Waals surface area contributed by atoms with E-state index in [4.69, 9.17) is 4.74 Å². The molecule has 0 unspecified atom stereocenters. The summed E-state index contributed by atoms with van der Waals surface area (Å²) in [5, 5.41) is 1.94. The fourth-order valence-corrected chi connectivity index (χ4v) is 2.37. The summed E-state index contributed by atoms with van der Waals surface area (Å²) in [6.45, 7) is 0.803. The van der Waals surface area contributed by atoms with Crippen LogP contribution >= 0.6 is 11.3 Å². The molecule has 106 valence electrons. The lowest BCUT2D eigenvalue weighted by atomic mass is 10.1. The van der Waals surface area contributed by atoms with Gasteiger partial charge in [0.25, 0.3) is 0 Å². The number of hydrogen-bond acceptors (Lipinski definition) is 5. The maximum atomic E-state index is 13.6. The number of nitrogens with zero attached hydrogens (tertiary/aromatic N) is 2. The number of ketones is 1. The molecule has 0 saturated heterocycles. The normalized spacial score (nSPS) is 10.8. The molecule has 4 nitrogen and oxygen atoms in total. The van der Waals surface area contributed by atoms with Crippen molar-refractivity contribution in [2.75, 3.05) is 20.7 Å². The number of likely N-dealkylation sites (N-methyl/N-ethyl adjacent to an activating group) is 1. The number of aromatic nitrogens is 1. The first-order chi connectivity index (χ1) is 9.60. The summed E-state index contributed by atoms with van der Waals surface area (Å²) in [7, 11) is 3.22. The van der Waals surface area contributed by atoms with E-state index in [2.05, 4.69) is 4.98 Å². The Labute approximate surface area is 120 Å². The maximum Gasteiger partial charge on any atom is 0.176 e. The van der Waals surface area contributed by atoms with E-state index < -0.39 is 5.82 Å². The van der Waals surface area contributed by atoms with Gasteiger partial charge in [-0.15, -0.1) is 11.3 Å². The molecule has 2 rings (SSSR count). The van der Waals surface area contributed by atoms with Crippen LogP contribution in [0.25, 0.3) is 0 Å². The van der Waals surface area contributed by atoms with E-state index in [-0.39, 0.29) is 18.1 Å². The minimum atomic E-state index is -0.527. The zero-order chi connectivity index (χ0) is 14.5. The lowest BCUT2D eigenvalue weighted by Crippen LogP contribution is -2.25. The van der Waals surface area contributed by atoms with Crippen LogP contribution in [-0.4, -0.2) is 36.4 Å². The molecular formula is C14H15FN2O2S. The monoisotopic (exact) mass is 294 g/mol. The molecule has 0 bridgehead atoms. The molecule has 0 amide bonds. The van der Waals surface area contributed by atoms with Crippen LogP contribution in [0, 0.1) is 5.82 Å². The van der Waals surface area contributed by atoms with Gasteiger partial charge in [0.1, 0.15) is 0 Å². The number of rotatable bonds is 6. The van der Waals surface area contributed by atoms with E-state index in [9.17, 15) is 9.18 Å². The van der Waals surface area contributed by atoms with Crippen molar-refractivity contribution in [1.82, 2.24) is 9.88 Å². The van der Waals surface area contributed by atoms with Crippen LogP contribution in [0.5, 0.6) is 5.75 Å². The topological polar surface area (TPSA) is 42.4 Å². The van der Waals surface area contributed by atoms with Gasteiger partial charge >= 0.3 is 0 Å². The van der Waals surface area contributed by atoms with E-state index in [1.165, 1.54) is 30.6 Å². The Morgan fingerprint density at radius 2 is 2.30 bits per heavy atom. The standard InChI is InChI=1S/C14H15FN2O2S/c1-17(6-11-8-20-9-16-11)7-13(18)10-3-4-14(19-2)12(15)5-10/h3-5,8-9H,6-7H2,1-2H3. The highest BCUT2D eigenvalue weighted by atomic mass is 32.1. The molecule has 0 N–H and O–H groups in total. The first kappa shape index (κ1) is 14.6. The largest absolute Gasteiger partial charge is 0.494 e. The smallest absolute Gasteiger partial charge is 0.176 e. The van der Waals surface area contributed by atoms with E-state index in [1.807, 2.05) is 17.3 Å². The molecule has 0 spiro atoms. The summed E-state index contributed by atoms with van der Waals surface area (Å²) in [4.78, 5) is 18.1. The third kappa shape index (κ3) is 3.61. The molecule has 20 heavy (non-hydrogen) atoms. The summed E-state index contributed by atoms with van der Waals surface area (Å²) in [6, 6.07) is 4.24. The number of ether oxygens (including phenoxy) is 1. The molecule has 0 fully saturated rings. The van der Waals surface area contributed by atoms with E-state index in [0.717, 1.165) is 5.69 Å². The van der Waals surface area contributed by atoms with Crippen molar-refractivity contribution < 1.29 is 13.9 Å². The molecule has 1 aromatic heterocycles. The van der Waals surface area contributed by atoms with Gasteiger partial charge in [0.15, 0.2) is 17.3 Å². The Bertz CT molecular complexity index is 587. The highest BCUT2D eigenvalue weighted by Gasteiger charge is 2.13. The number of carbonyl (C=O) groups is 1. The van der Waals surface area contributed by atoms with Crippen LogP contribution in [0.2, 0.25) is 0 Å². The molecule has 1 aromatic carbocycles. The van der Waals surface area contributed by atoms with Crippen LogP contribution in [-0.2, 0) is 6.54 Å². The molecule has 6 heteroatoms. The van der Waals surface area contributed by atoms with Gasteiger partial charge in [-0.3, -0.25) is 9.69 Å². The average molecular weight is 294 g/mol. The van der Waals surface area contributed by atoms with Gasteiger partial charge in [0, 0.05) is 17.5 Å². The lowest BCUT2D eigenvalue weighted by Gasteiger charge is -2.14. The molecule has 0 atom stereocenters. The Balaban J connectivity index is 1.99.